The minimum atomic E-state index is 0.256. The Balaban J connectivity index is 2.49. The van der Waals surface area contributed by atoms with Gasteiger partial charge in [-0.3, -0.25) is 0 Å². The van der Waals surface area contributed by atoms with E-state index in [2.05, 4.69) is 9.97 Å². The zero-order valence-corrected chi connectivity index (χ0v) is 10.3. The summed E-state index contributed by atoms with van der Waals surface area (Å²) in [7, 11) is 1.58. The number of hydrogen-bond donors (Lipinski definition) is 1. The van der Waals surface area contributed by atoms with Gasteiger partial charge in [-0.05, 0) is 31.2 Å². The third kappa shape index (κ3) is 2.47. The molecular formula is C12H12ClN3O. The number of hydrogen-bond acceptors (Lipinski definition) is 4. The van der Waals surface area contributed by atoms with E-state index < -0.39 is 0 Å². The molecule has 88 valence electrons. The van der Waals surface area contributed by atoms with Gasteiger partial charge >= 0.3 is 0 Å². The molecule has 1 aromatic carbocycles. The van der Waals surface area contributed by atoms with Crippen molar-refractivity contribution in [2.75, 3.05) is 12.8 Å². The predicted molar refractivity (Wildman–Crippen MR) is 68.2 cm³/mol. The van der Waals surface area contributed by atoms with Gasteiger partial charge in [0.15, 0.2) is 0 Å². The average Bonchev–Trinajstić information content (AvgIpc) is 2.27. The molecule has 0 spiro atoms. The number of methoxy groups -OCH3 is 1. The van der Waals surface area contributed by atoms with Crippen molar-refractivity contribution in [1.29, 1.82) is 0 Å². The lowest BCUT2D eigenvalue weighted by Gasteiger charge is -2.06. The van der Waals surface area contributed by atoms with E-state index in [1.54, 1.807) is 19.2 Å². The molecule has 2 N–H and O–H groups in total. The van der Waals surface area contributed by atoms with Crippen molar-refractivity contribution in [2.45, 2.75) is 6.92 Å². The number of ether oxygens (including phenoxy) is 1. The lowest BCUT2D eigenvalue weighted by atomic mass is 10.1. The van der Waals surface area contributed by atoms with Gasteiger partial charge in [-0.15, -0.1) is 0 Å². The topological polar surface area (TPSA) is 61.0 Å². The van der Waals surface area contributed by atoms with Crippen molar-refractivity contribution in [1.82, 2.24) is 9.97 Å². The van der Waals surface area contributed by atoms with Crippen LogP contribution in [0.15, 0.2) is 24.3 Å². The minimum Gasteiger partial charge on any atom is -0.495 e. The molecule has 0 radical (unpaired) electrons. The first-order valence-electron chi connectivity index (χ1n) is 5.05. The molecule has 0 fully saturated rings. The van der Waals surface area contributed by atoms with Crippen molar-refractivity contribution in [3.8, 4) is 17.0 Å². The highest BCUT2D eigenvalue weighted by Gasteiger charge is 2.06. The summed E-state index contributed by atoms with van der Waals surface area (Å²) in [6.45, 7) is 1.87. The molecule has 0 amide bonds. The van der Waals surface area contributed by atoms with Crippen molar-refractivity contribution in [2.24, 2.45) is 0 Å². The van der Waals surface area contributed by atoms with E-state index in [1.807, 2.05) is 19.1 Å². The molecule has 0 bridgehead atoms. The molecule has 0 atom stereocenters. The van der Waals surface area contributed by atoms with Crippen molar-refractivity contribution >= 4 is 17.5 Å². The van der Waals surface area contributed by atoms with Crippen LogP contribution >= 0.6 is 11.6 Å². The summed E-state index contributed by atoms with van der Waals surface area (Å²) < 4.78 is 5.09. The standard InChI is InChI=1S/C12H12ClN3O/c1-7-5-10(16-12(14)15-7)8-3-4-11(17-2)9(13)6-8/h3-6H,1-2H3,(H2,14,15,16). The zero-order valence-electron chi connectivity index (χ0n) is 9.57. The summed E-state index contributed by atoms with van der Waals surface area (Å²) in [5, 5.41) is 0.542. The summed E-state index contributed by atoms with van der Waals surface area (Å²) in [6, 6.07) is 7.33. The first-order valence-corrected chi connectivity index (χ1v) is 5.43. The third-order valence-corrected chi connectivity index (χ3v) is 2.61. The number of aryl methyl sites for hydroxylation is 1. The number of benzene rings is 1. The molecule has 2 rings (SSSR count). The van der Waals surface area contributed by atoms with Gasteiger partial charge in [-0.25, -0.2) is 9.97 Å². The Bertz CT molecular complexity index is 537. The van der Waals surface area contributed by atoms with Crippen LogP contribution in [0.5, 0.6) is 5.75 Å². The van der Waals surface area contributed by atoms with E-state index in [1.165, 1.54) is 0 Å². The van der Waals surface area contributed by atoms with Crippen molar-refractivity contribution in [3.05, 3.63) is 35.0 Å². The summed E-state index contributed by atoms with van der Waals surface area (Å²) in [5.41, 5.74) is 8.06. The number of aromatic nitrogens is 2. The van der Waals surface area contributed by atoms with Gasteiger partial charge in [-0.1, -0.05) is 11.6 Å². The molecule has 17 heavy (non-hydrogen) atoms. The summed E-state index contributed by atoms with van der Waals surface area (Å²) in [5.74, 6) is 0.890. The summed E-state index contributed by atoms with van der Waals surface area (Å²) in [4.78, 5) is 8.19. The summed E-state index contributed by atoms with van der Waals surface area (Å²) >= 11 is 6.06. The molecule has 0 saturated heterocycles. The molecule has 2 aromatic rings. The Labute approximate surface area is 104 Å². The third-order valence-electron chi connectivity index (χ3n) is 2.32. The lowest BCUT2D eigenvalue weighted by Crippen LogP contribution is -1.98. The number of nitrogen functional groups attached to an aromatic ring is 1. The quantitative estimate of drug-likeness (QED) is 0.889. The van der Waals surface area contributed by atoms with E-state index in [-0.39, 0.29) is 5.95 Å². The van der Waals surface area contributed by atoms with Crippen LogP contribution < -0.4 is 10.5 Å². The van der Waals surface area contributed by atoms with Crippen LogP contribution in [0.25, 0.3) is 11.3 Å². The van der Waals surface area contributed by atoms with Gasteiger partial charge in [0.2, 0.25) is 5.95 Å². The van der Waals surface area contributed by atoms with E-state index in [0.29, 0.717) is 10.8 Å². The maximum atomic E-state index is 6.06. The highest BCUT2D eigenvalue weighted by atomic mass is 35.5. The Morgan fingerprint density at radius 1 is 1.24 bits per heavy atom. The normalized spacial score (nSPS) is 10.3. The number of anilines is 1. The predicted octanol–water partition coefficient (Wildman–Crippen LogP) is 2.70. The van der Waals surface area contributed by atoms with Crippen LogP contribution in [0.3, 0.4) is 0 Å². The van der Waals surface area contributed by atoms with Crippen LogP contribution in [-0.2, 0) is 0 Å². The minimum absolute atomic E-state index is 0.256. The molecule has 5 heteroatoms. The van der Waals surface area contributed by atoms with Gasteiger partial charge in [0.05, 0.1) is 17.8 Å². The molecule has 0 aliphatic heterocycles. The molecule has 0 aliphatic carbocycles. The Hall–Kier alpha value is -1.81. The molecule has 0 unspecified atom stereocenters. The number of nitrogens with zero attached hydrogens (tertiary/aromatic N) is 2. The second-order valence-corrected chi connectivity index (χ2v) is 4.01. The Morgan fingerprint density at radius 2 is 2.00 bits per heavy atom. The van der Waals surface area contributed by atoms with Gasteiger partial charge in [0, 0.05) is 11.3 Å². The molecule has 1 aromatic heterocycles. The van der Waals surface area contributed by atoms with Crippen molar-refractivity contribution in [3.63, 3.8) is 0 Å². The Kier molecular flexibility index (Phi) is 3.15. The van der Waals surface area contributed by atoms with Crippen molar-refractivity contribution < 1.29 is 4.74 Å². The van der Waals surface area contributed by atoms with Crippen LogP contribution in [0.2, 0.25) is 5.02 Å². The van der Waals surface area contributed by atoms with Crippen LogP contribution in [0, 0.1) is 6.92 Å². The van der Waals surface area contributed by atoms with Gasteiger partial charge in [-0.2, -0.15) is 0 Å². The molecule has 1 heterocycles. The number of rotatable bonds is 2. The molecule has 4 nitrogen and oxygen atoms in total. The fraction of sp³-hybridized carbons (Fsp3) is 0.167. The number of halogens is 1. The first-order chi connectivity index (χ1) is 8.10. The van der Waals surface area contributed by atoms with Crippen LogP contribution in [0.1, 0.15) is 5.69 Å². The SMILES string of the molecule is COc1ccc(-c2cc(C)nc(N)n2)cc1Cl. The van der Waals surface area contributed by atoms with E-state index >= 15 is 0 Å². The smallest absolute Gasteiger partial charge is 0.220 e. The van der Waals surface area contributed by atoms with E-state index in [0.717, 1.165) is 17.0 Å². The number of nitrogens with two attached hydrogens (primary N) is 1. The van der Waals surface area contributed by atoms with Gasteiger partial charge in [0.1, 0.15) is 5.75 Å². The second kappa shape index (κ2) is 4.59. The van der Waals surface area contributed by atoms with Crippen LogP contribution in [0.4, 0.5) is 5.95 Å². The molecular weight excluding hydrogens is 238 g/mol. The maximum absolute atomic E-state index is 6.06. The maximum Gasteiger partial charge on any atom is 0.220 e. The van der Waals surface area contributed by atoms with E-state index in [4.69, 9.17) is 22.1 Å². The van der Waals surface area contributed by atoms with Gasteiger partial charge < -0.3 is 10.5 Å². The highest BCUT2D eigenvalue weighted by Crippen LogP contribution is 2.29. The van der Waals surface area contributed by atoms with E-state index in [9.17, 15) is 0 Å². The first kappa shape index (κ1) is 11.7. The largest absolute Gasteiger partial charge is 0.495 e. The van der Waals surface area contributed by atoms with Gasteiger partial charge in [0.25, 0.3) is 0 Å². The highest BCUT2D eigenvalue weighted by molar-refractivity contribution is 6.32. The Morgan fingerprint density at radius 3 is 2.59 bits per heavy atom. The summed E-state index contributed by atoms with van der Waals surface area (Å²) in [6.07, 6.45) is 0. The average molecular weight is 250 g/mol. The molecule has 0 saturated carbocycles. The zero-order chi connectivity index (χ0) is 12.4. The lowest BCUT2D eigenvalue weighted by molar-refractivity contribution is 0.415. The molecule has 0 aliphatic rings. The second-order valence-electron chi connectivity index (χ2n) is 3.60. The fourth-order valence-corrected chi connectivity index (χ4v) is 1.82. The fourth-order valence-electron chi connectivity index (χ4n) is 1.57. The monoisotopic (exact) mass is 249 g/mol. The van der Waals surface area contributed by atoms with Crippen LogP contribution in [-0.4, -0.2) is 17.1 Å².